The summed E-state index contributed by atoms with van der Waals surface area (Å²) >= 11 is 12.4. The van der Waals surface area contributed by atoms with Gasteiger partial charge in [-0.3, -0.25) is 0 Å². The van der Waals surface area contributed by atoms with Crippen molar-refractivity contribution in [2.24, 2.45) is 5.73 Å². The van der Waals surface area contributed by atoms with Crippen LogP contribution in [-0.2, 0) is 14.3 Å². The average Bonchev–Trinajstić information content (AvgIpc) is 2.60. The smallest absolute Gasteiger partial charge is 0.338 e. The fraction of sp³-hybridized carbons (Fsp3) is 0.211. The van der Waals surface area contributed by atoms with Gasteiger partial charge in [-0.05, 0) is 32.0 Å². The number of carbonyl (C=O) groups excluding carboxylic acids is 1. The first-order chi connectivity index (χ1) is 12.9. The van der Waals surface area contributed by atoms with Crippen molar-refractivity contribution in [3.63, 3.8) is 0 Å². The number of halogens is 2. The quantitative estimate of drug-likeness (QED) is 0.609. The minimum absolute atomic E-state index is 0.0701. The van der Waals surface area contributed by atoms with Crippen molar-refractivity contribution < 1.29 is 14.3 Å². The highest BCUT2D eigenvalue weighted by atomic mass is 35.5. The van der Waals surface area contributed by atoms with E-state index in [2.05, 4.69) is 4.98 Å². The molecule has 138 valence electrons. The van der Waals surface area contributed by atoms with Gasteiger partial charge in [0.25, 0.3) is 0 Å². The van der Waals surface area contributed by atoms with Gasteiger partial charge in [0, 0.05) is 16.0 Å². The van der Waals surface area contributed by atoms with Crippen molar-refractivity contribution in [3.05, 3.63) is 62.8 Å². The van der Waals surface area contributed by atoms with Crippen molar-refractivity contribution in [1.29, 1.82) is 5.26 Å². The Hall–Kier alpha value is -2.75. The molecule has 6 nitrogen and oxygen atoms in total. The summed E-state index contributed by atoms with van der Waals surface area (Å²) < 4.78 is 10.5. The summed E-state index contributed by atoms with van der Waals surface area (Å²) in [4.78, 5) is 16.9. The van der Waals surface area contributed by atoms with E-state index >= 15 is 0 Å². The van der Waals surface area contributed by atoms with Gasteiger partial charge in [-0.15, -0.1) is 0 Å². The Bertz CT molecular complexity index is 1050. The molecule has 0 spiro atoms. The molecular formula is C19H15Cl2N3O3. The molecular weight excluding hydrogens is 389 g/mol. The normalized spacial score (nSPS) is 16.9. The first-order valence-corrected chi connectivity index (χ1v) is 8.84. The summed E-state index contributed by atoms with van der Waals surface area (Å²) in [7, 11) is 0. The van der Waals surface area contributed by atoms with Gasteiger partial charge >= 0.3 is 5.97 Å². The summed E-state index contributed by atoms with van der Waals surface area (Å²) in [6.07, 6.45) is 0. The number of aromatic nitrogens is 1. The van der Waals surface area contributed by atoms with E-state index in [1.54, 1.807) is 38.1 Å². The van der Waals surface area contributed by atoms with Crippen LogP contribution in [0.2, 0.25) is 10.2 Å². The maximum atomic E-state index is 12.6. The first-order valence-electron chi connectivity index (χ1n) is 8.08. The lowest BCUT2D eigenvalue weighted by Gasteiger charge is -2.27. The lowest BCUT2D eigenvalue weighted by Crippen LogP contribution is -2.25. The SMILES string of the molecule is CCOC(=O)C1=C(C)OC(N)=C(C#N)C1c1cc2ccc(Cl)cc2nc1Cl. The molecule has 0 aliphatic carbocycles. The van der Waals surface area contributed by atoms with Crippen molar-refractivity contribution >= 4 is 40.1 Å². The van der Waals surface area contributed by atoms with E-state index in [-0.39, 0.29) is 34.5 Å². The summed E-state index contributed by atoms with van der Waals surface area (Å²) in [6, 6.07) is 8.95. The van der Waals surface area contributed by atoms with Crippen LogP contribution in [0.4, 0.5) is 0 Å². The molecule has 1 atom stereocenters. The van der Waals surface area contributed by atoms with Gasteiger partial charge in [-0.25, -0.2) is 9.78 Å². The van der Waals surface area contributed by atoms with Crippen molar-refractivity contribution in [2.75, 3.05) is 6.61 Å². The zero-order valence-corrected chi connectivity index (χ0v) is 16.1. The number of esters is 1. The zero-order chi connectivity index (χ0) is 19.7. The van der Waals surface area contributed by atoms with E-state index in [1.165, 1.54) is 0 Å². The van der Waals surface area contributed by atoms with Crippen LogP contribution >= 0.6 is 23.2 Å². The standard InChI is InChI=1S/C19H15Cl2N3O3/c1-3-26-19(25)15-9(2)27-18(23)13(8-22)16(15)12-6-10-4-5-11(20)7-14(10)24-17(12)21/h4-7,16H,3,23H2,1-2H3. The second-order valence-corrected chi connectivity index (χ2v) is 6.62. The van der Waals surface area contributed by atoms with Crippen LogP contribution in [0, 0.1) is 11.3 Å². The van der Waals surface area contributed by atoms with Crippen LogP contribution < -0.4 is 5.73 Å². The molecule has 0 bridgehead atoms. The Morgan fingerprint density at radius 3 is 2.81 bits per heavy atom. The van der Waals surface area contributed by atoms with Gasteiger partial charge in [0.15, 0.2) is 0 Å². The lowest BCUT2D eigenvalue weighted by molar-refractivity contribution is -0.139. The Balaban J connectivity index is 2.26. The molecule has 2 heterocycles. The first kappa shape index (κ1) is 19.0. The van der Waals surface area contributed by atoms with E-state index in [0.29, 0.717) is 16.1 Å². The highest BCUT2D eigenvalue weighted by molar-refractivity contribution is 6.32. The Morgan fingerprint density at radius 2 is 2.15 bits per heavy atom. The molecule has 1 aliphatic heterocycles. The molecule has 0 saturated heterocycles. The molecule has 1 unspecified atom stereocenters. The number of nitrogens with zero attached hydrogens (tertiary/aromatic N) is 2. The Morgan fingerprint density at radius 1 is 1.41 bits per heavy atom. The van der Waals surface area contributed by atoms with Gasteiger partial charge in [0.1, 0.15) is 22.6 Å². The van der Waals surface area contributed by atoms with E-state index in [9.17, 15) is 10.1 Å². The molecule has 2 aromatic rings. The number of allylic oxidation sites excluding steroid dienone is 2. The van der Waals surface area contributed by atoms with Crippen LogP contribution in [-0.4, -0.2) is 17.6 Å². The van der Waals surface area contributed by atoms with Gasteiger partial charge in [-0.1, -0.05) is 29.3 Å². The second-order valence-electron chi connectivity index (χ2n) is 5.82. The number of hydrogen-bond acceptors (Lipinski definition) is 6. The molecule has 1 aromatic heterocycles. The number of rotatable bonds is 3. The highest BCUT2D eigenvalue weighted by Crippen LogP contribution is 2.42. The van der Waals surface area contributed by atoms with Gasteiger partial charge < -0.3 is 15.2 Å². The number of carbonyl (C=O) groups is 1. The molecule has 0 amide bonds. The van der Waals surface area contributed by atoms with Gasteiger partial charge in [0.05, 0.1) is 23.6 Å². The number of ether oxygens (including phenoxy) is 2. The van der Waals surface area contributed by atoms with Gasteiger partial charge in [0.2, 0.25) is 5.88 Å². The van der Waals surface area contributed by atoms with E-state index < -0.39 is 11.9 Å². The molecule has 1 aromatic carbocycles. The van der Waals surface area contributed by atoms with Crippen LogP contribution in [0.15, 0.2) is 47.1 Å². The molecule has 1 aliphatic rings. The number of pyridine rings is 1. The maximum Gasteiger partial charge on any atom is 0.338 e. The number of nitrogens with two attached hydrogens (primary N) is 1. The summed E-state index contributed by atoms with van der Waals surface area (Å²) in [6.45, 7) is 3.45. The molecule has 8 heteroatoms. The van der Waals surface area contributed by atoms with E-state index in [1.807, 2.05) is 6.07 Å². The molecule has 3 rings (SSSR count). The molecule has 0 radical (unpaired) electrons. The third-order valence-electron chi connectivity index (χ3n) is 4.17. The minimum atomic E-state index is -0.845. The van der Waals surface area contributed by atoms with Crippen molar-refractivity contribution in [2.45, 2.75) is 19.8 Å². The third-order valence-corrected chi connectivity index (χ3v) is 4.71. The predicted octanol–water partition coefficient (Wildman–Crippen LogP) is 4.19. The Kier molecular flexibility index (Phi) is 5.26. The van der Waals surface area contributed by atoms with Crippen molar-refractivity contribution in [1.82, 2.24) is 4.98 Å². The summed E-state index contributed by atoms with van der Waals surface area (Å²) in [5, 5.41) is 11.0. The van der Waals surface area contributed by atoms with Crippen LogP contribution in [0.1, 0.15) is 25.3 Å². The minimum Gasteiger partial charge on any atom is -0.463 e. The molecule has 27 heavy (non-hydrogen) atoms. The van der Waals surface area contributed by atoms with Crippen LogP contribution in [0.5, 0.6) is 0 Å². The van der Waals surface area contributed by atoms with Gasteiger partial charge in [-0.2, -0.15) is 5.26 Å². The second kappa shape index (κ2) is 7.47. The highest BCUT2D eigenvalue weighted by Gasteiger charge is 2.37. The van der Waals surface area contributed by atoms with E-state index in [4.69, 9.17) is 38.4 Å². The zero-order valence-electron chi connectivity index (χ0n) is 14.5. The number of fused-ring (bicyclic) bond motifs is 1. The summed E-state index contributed by atoms with van der Waals surface area (Å²) in [5.41, 5.74) is 7.18. The topological polar surface area (TPSA) is 98.2 Å². The lowest BCUT2D eigenvalue weighted by atomic mass is 9.83. The fourth-order valence-electron chi connectivity index (χ4n) is 3.00. The third kappa shape index (κ3) is 3.44. The predicted molar refractivity (Wildman–Crippen MR) is 102 cm³/mol. The Labute approximate surface area is 165 Å². The molecule has 0 saturated carbocycles. The van der Waals surface area contributed by atoms with Crippen LogP contribution in [0.3, 0.4) is 0 Å². The molecule has 0 fully saturated rings. The average molecular weight is 404 g/mol. The van der Waals surface area contributed by atoms with Crippen molar-refractivity contribution in [3.8, 4) is 6.07 Å². The largest absolute Gasteiger partial charge is 0.463 e. The number of nitriles is 1. The maximum absolute atomic E-state index is 12.6. The number of benzene rings is 1. The number of hydrogen-bond donors (Lipinski definition) is 1. The summed E-state index contributed by atoms with van der Waals surface area (Å²) in [5.74, 6) is -1.28. The van der Waals surface area contributed by atoms with E-state index in [0.717, 1.165) is 5.39 Å². The van der Waals surface area contributed by atoms with Crippen LogP contribution in [0.25, 0.3) is 10.9 Å². The monoisotopic (exact) mass is 403 g/mol. The molecule has 2 N–H and O–H groups in total. The fourth-order valence-corrected chi connectivity index (χ4v) is 3.42.